The number of carbonyl (C=O) groups excluding carboxylic acids is 3. The molecule has 1 N–H and O–H groups in total. The Bertz CT molecular complexity index is 1700. The van der Waals surface area contributed by atoms with Crippen molar-refractivity contribution in [2.24, 2.45) is 5.92 Å². The first-order chi connectivity index (χ1) is 22.4. The maximum Gasteiger partial charge on any atom is 0.415 e. The minimum absolute atomic E-state index is 0.0464. The topological polar surface area (TPSA) is 146 Å². The maximum absolute atomic E-state index is 13.7. The molecule has 2 aliphatic heterocycles. The summed E-state index contributed by atoms with van der Waals surface area (Å²) in [6, 6.07) is 9.05. The Labute approximate surface area is 281 Å². The second-order valence-electron chi connectivity index (χ2n) is 11.7. The van der Waals surface area contributed by atoms with E-state index in [2.05, 4.69) is 9.97 Å². The molecule has 6 atom stereocenters. The van der Waals surface area contributed by atoms with Crippen molar-refractivity contribution in [2.45, 2.75) is 84.0 Å². The van der Waals surface area contributed by atoms with Crippen molar-refractivity contribution in [3.63, 3.8) is 0 Å². The third kappa shape index (κ3) is 8.06. The SMILES string of the molecule is CC[C@H]1O[C@@H](OCC2CCCCN2C(=O)Oc2ccc(Cl)cc2-c2nc3ccc(Cl)cc3c(=O)[nH]2)[C@H](OC(C)=O)[C@@H](OC(C)=O)[C@H]1C. The number of amides is 1. The zero-order valence-electron chi connectivity index (χ0n) is 26.5. The first-order valence-corrected chi connectivity index (χ1v) is 16.3. The number of H-pyrrole nitrogens is 1. The Morgan fingerprint density at radius 1 is 1.02 bits per heavy atom. The molecule has 2 fully saturated rings. The smallest absolute Gasteiger partial charge is 0.415 e. The zero-order valence-corrected chi connectivity index (χ0v) is 28.0. The number of aromatic nitrogens is 2. The summed E-state index contributed by atoms with van der Waals surface area (Å²) < 4.78 is 29.5. The highest BCUT2D eigenvalue weighted by Gasteiger charge is 2.48. The van der Waals surface area contributed by atoms with Crippen molar-refractivity contribution < 1.29 is 38.1 Å². The largest absolute Gasteiger partial charge is 0.458 e. The molecule has 2 aromatic carbocycles. The van der Waals surface area contributed by atoms with Gasteiger partial charge in [0, 0.05) is 36.4 Å². The predicted molar refractivity (Wildman–Crippen MR) is 173 cm³/mol. The number of aromatic amines is 1. The number of hydrogen-bond acceptors (Lipinski definition) is 10. The standard InChI is InChI=1S/C33H37Cl2N3O9/c1-5-26-17(2)28(44-18(3)39)29(45-19(4)40)32(46-26)43-16-22-8-6-7-13-38(22)33(42)47-27-12-10-21(35)15-24(27)30-36-25-11-9-20(34)14-23(25)31(41)37-30/h9-12,14-15,17,22,26,28-29,32H,5-8,13,16H2,1-4H3,(H,36,37,41)/t17-,22?,26+,28-,29+,32+/m0/s1. The lowest BCUT2D eigenvalue weighted by Crippen LogP contribution is -2.58. The number of hydrogen-bond donors (Lipinski definition) is 1. The van der Waals surface area contributed by atoms with Gasteiger partial charge in [-0.2, -0.15) is 0 Å². The number of piperidine rings is 1. The molecule has 252 valence electrons. The highest BCUT2D eigenvalue weighted by molar-refractivity contribution is 6.31. The monoisotopic (exact) mass is 689 g/mol. The van der Waals surface area contributed by atoms with Crippen LogP contribution in [0.3, 0.4) is 0 Å². The molecule has 2 saturated heterocycles. The molecule has 5 rings (SSSR count). The first-order valence-electron chi connectivity index (χ1n) is 15.5. The van der Waals surface area contributed by atoms with E-state index in [9.17, 15) is 19.2 Å². The molecular formula is C33H37Cl2N3O9. The van der Waals surface area contributed by atoms with Crippen LogP contribution in [0.4, 0.5) is 4.79 Å². The number of halogens is 2. The molecule has 0 bridgehead atoms. The number of likely N-dealkylation sites (tertiary alicyclic amines) is 1. The quantitative estimate of drug-likeness (QED) is 0.284. The van der Waals surface area contributed by atoms with E-state index in [1.165, 1.54) is 26.0 Å². The fraction of sp³-hybridized carbons (Fsp3) is 0.485. The normalized spacial score (nSPS) is 24.5. The lowest BCUT2D eigenvalue weighted by molar-refractivity contribution is -0.292. The summed E-state index contributed by atoms with van der Waals surface area (Å²) in [6.07, 6.45) is -0.919. The summed E-state index contributed by atoms with van der Waals surface area (Å²) in [5, 5.41) is 1.06. The van der Waals surface area contributed by atoms with E-state index in [0.29, 0.717) is 45.9 Å². The average Bonchev–Trinajstić information content (AvgIpc) is 3.03. The second-order valence-corrected chi connectivity index (χ2v) is 12.6. The van der Waals surface area contributed by atoms with E-state index in [-0.39, 0.29) is 30.2 Å². The summed E-state index contributed by atoms with van der Waals surface area (Å²) in [7, 11) is 0. The van der Waals surface area contributed by atoms with E-state index in [4.69, 9.17) is 46.9 Å². The molecule has 1 unspecified atom stereocenters. The Kier molecular flexibility index (Phi) is 11.1. The molecule has 3 heterocycles. The van der Waals surface area contributed by atoms with E-state index in [1.54, 1.807) is 29.2 Å². The molecule has 0 aliphatic carbocycles. The number of nitrogens with zero attached hydrogens (tertiary/aromatic N) is 2. The van der Waals surface area contributed by atoms with Crippen LogP contribution in [0.1, 0.15) is 53.4 Å². The maximum atomic E-state index is 13.7. The third-order valence-corrected chi connectivity index (χ3v) is 8.86. The lowest BCUT2D eigenvalue weighted by Gasteiger charge is -2.44. The molecule has 12 nitrogen and oxygen atoms in total. The second kappa shape index (κ2) is 15.0. The summed E-state index contributed by atoms with van der Waals surface area (Å²) >= 11 is 12.4. The predicted octanol–water partition coefficient (Wildman–Crippen LogP) is 5.90. The van der Waals surface area contributed by atoms with Gasteiger partial charge >= 0.3 is 18.0 Å². The fourth-order valence-electron chi connectivity index (χ4n) is 6.11. The van der Waals surface area contributed by atoms with Gasteiger partial charge in [-0.15, -0.1) is 0 Å². The average molecular weight is 691 g/mol. The van der Waals surface area contributed by atoms with Crippen LogP contribution in [-0.4, -0.2) is 76.7 Å². The van der Waals surface area contributed by atoms with Crippen LogP contribution in [0.2, 0.25) is 10.0 Å². The molecule has 1 aromatic heterocycles. The van der Waals surface area contributed by atoms with Gasteiger partial charge in [-0.3, -0.25) is 14.4 Å². The Morgan fingerprint density at radius 2 is 1.72 bits per heavy atom. The van der Waals surface area contributed by atoms with E-state index in [0.717, 1.165) is 12.8 Å². The van der Waals surface area contributed by atoms with Crippen LogP contribution < -0.4 is 10.3 Å². The molecule has 3 aromatic rings. The first kappa shape index (κ1) is 34.6. The minimum atomic E-state index is -1.03. The number of esters is 2. The van der Waals surface area contributed by atoms with E-state index < -0.39 is 48.1 Å². The Morgan fingerprint density at radius 3 is 2.45 bits per heavy atom. The van der Waals surface area contributed by atoms with Crippen LogP contribution in [0.15, 0.2) is 41.2 Å². The third-order valence-electron chi connectivity index (χ3n) is 8.39. The molecule has 0 saturated carbocycles. The summed E-state index contributed by atoms with van der Waals surface area (Å²) in [4.78, 5) is 59.4. The van der Waals surface area contributed by atoms with Crippen molar-refractivity contribution in [1.29, 1.82) is 0 Å². The summed E-state index contributed by atoms with van der Waals surface area (Å²) in [5.74, 6) is -1.02. The number of fused-ring (bicyclic) bond motifs is 1. The van der Waals surface area contributed by atoms with Crippen molar-refractivity contribution in [3.8, 4) is 17.1 Å². The van der Waals surface area contributed by atoms with Gasteiger partial charge in [0.05, 0.1) is 35.2 Å². The molecule has 2 aliphatic rings. The number of rotatable bonds is 8. The van der Waals surface area contributed by atoms with Crippen LogP contribution >= 0.6 is 23.2 Å². The van der Waals surface area contributed by atoms with Crippen molar-refractivity contribution in [2.75, 3.05) is 13.2 Å². The molecular weight excluding hydrogens is 653 g/mol. The van der Waals surface area contributed by atoms with Gasteiger partial charge in [0.2, 0.25) is 0 Å². The molecule has 0 spiro atoms. The van der Waals surface area contributed by atoms with Crippen LogP contribution in [0.5, 0.6) is 5.75 Å². The van der Waals surface area contributed by atoms with Crippen molar-refractivity contribution in [1.82, 2.24) is 14.9 Å². The Hall–Kier alpha value is -3.71. The highest BCUT2D eigenvalue weighted by Crippen LogP contribution is 2.34. The molecule has 0 radical (unpaired) electrons. The van der Waals surface area contributed by atoms with Gasteiger partial charge in [0.25, 0.3) is 5.56 Å². The van der Waals surface area contributed by atoms with Gasteiger partial charge in [0.15, 0.2) is 12.4 Å². The molecule has 47 heavy (non-hydrogen) atoms. The lowest BCUT2D eigenvalue weighted by atomic mass is 9.89. The van der Waals surface area contributed by atoms with Gasteiger partial charge in [-0.1, -0.05) is 37.0 Å². The number of benzene rings is 2. The Balaban J connectivity index is 1.36. The number of ether oxygens (including phenoxy) is 5. The van der Waals surface area contributed by atoms with Crippen LogP contribution in [-0.2, 0) is 28.5 Å². The molecule has 1 amide bonds. The van der Waals surface area contributed by atoms with Gasteiger partial charge in [-0.05, 0) is 62.1 Å². The van der Waals surface area contributed by atoms with Crippen LogP contribution in [0.25, 0.3) is 22.3 Å². The fourth-order valence-corrected chi connectivity index (χ4v) is 6.45. The number of carbonyl (C=O) groups is 3. The van der Waals surface area contributed by atoms with Gasteiger partial charge in [-0.25, -0.2) is 9.78 Å². The van der Waals surface area contributed by atoms with Crippen molar-refractivity contribution in [3.05, 3.63) is 56.8 Å². The van der Waals surface area contributed by atoms with Gasteiger partial charge < -0.3 is 33.6 Å². The number of nitrogens with one attached hydrogen (secondary N) is 1. The summed E-state index contributed by atoms with van der Waals surface area (Å²) in [6.45, 7) is 6.83. The zero-order chi connectivity index (χ0) is 33.8. The van der Waals surface area contributed by atoms with E-state index in [1.807, 2.05) is 13.8 Å². The van der Waals surface area contributed by atoms with Crippen molar-refractivity contribution >= 4 is 52.1 Å². The van der Waals surface area contributed by atoms with E-state index >= 15 is 0 Å². The molecule has 14 heteroatoms. The van der Waals surface area contributed by atoms with Gasteiger partial charge in [0.1, 0.15) is 17.7 Å². The minimum Gasteiger partial charge on any atom is -0.458 e. The van der Waals surface area contributed by atoms with Crippen LogP contribution in [0, 0.1) is 5.92 Å². The highest BCUT2D eigenvalue weighted by atomic mass is 35.5. The summed E-state index contributed by atoms with van der Waals surface area (Å²) in [5.41, 5.74) is 0.317.